The van der Waals surface area contributed by atoms with Gasteiger partial charge in [-0.05, 0) is 0 Å². The van der Waals surface area contributed by atoms with E-state index in [1.54, 1.807) is 0 Å². The van der Waals surface area contributed by atoms with Gasteiger partial charge >= 0.3 is 89.2 Å². The topological polar surface area (TPSA) is 6.48 Å². The molecule has 0 saturated carbocycles. The van der Waals surface area contributed by atoms with E-state index in [9.17, 15) is 0 Å². The fourth-order valence-electron chi connectivity index (χ4n) is 3.08. The third kappa shape index (κ3) is 1.75. The Labute approximate surface area is 89.5 Å². The molecule has 0 aromatic heterocycles. The van der Waals surface area contributed by atoms with Crippen molar-refractivity contribution in [3.8, 4) is 0 Å². The van der Waals surface area contributed by atoms with E-state index >= 15 is 0 Å². The minimum absolute atomic E-state index is 0.659. The summed E-state index contributed by atoms with van der Waals surface area (Å²) >= 11 is 6.52. The first kappa shape index (κ1) is 11.7. The van der Waals surface area contributed by atoms with Crippen LogP contribution < -0.4 is 0 Å². The average molecular weight is 239 g/mol. The molecule has 5 heteroatoms. The van der Waals surface area contributed by atoms with E-state index in [-0.39, 0.29) is 0 Å². The van der Waals surface area contributed by atoms with Gasteiger partial charge in [0.15, 0.2) is 0 Å². The molecule has 0 aromatic rings. The van der Waals surface area contributed by atoms with Crippen LogP contribution in [0, 0.1) is 0 Å². The molecule has 0 spiro atoms. The van der Waals surface area contributed by atoms with Gasteiger partial charge in [0.2, 0.25) is 0 Å². The Morgan fingerprint density at radius 1 is 1.00 bits per heavy atom. The molecule has 0 amide bonds. The van der Waals surface area contributed by atoms with Gasteiger partial charge < -0.3 is 0 Å². The Hall–Kier alpha value is 0.644. The predicted molar refractivity (Wildman–Crippen MR) is 67.2 cm³/mol. The summed E-state index contributed by atoms with van der Waals surface area (Å²) in [6.45, 7) is 14.0. The summed E-state index contributed by atoms with van der Waals surface area (Å²) in [5.74, 6) is 0. The first-order chi connectivity index (χ1) is 5.80. The van der Waals surface area contributed by atoms with Crippen molar-refractivity contribution in [1.29, 1.82) is 0 Å². The van der Waals surface area contributed by atoms with Crippen molar-refractivity contribution >= 4 is 27.9 Å². The van der Waals surface area contributed by atoms with Crippen molar-refractivity contribution in [1.82, 2.24) is 8.46 Å². The molecule has 0 bridgehead atoms. The van der Waals surface area contributed by atoms with E-state index in [1.807, 2.05) is 0 Å². The molecule has 0 radical (unpaired) electrons. The Morgan fingerprint density at radius 2 is 1.31 bits per heavy atom. The summed E-state index contributed by atoms with van der Waals surface area (Å²) in [4.78, 5) is 0. The van der Waals surface area contributed by atoms with E-state index in [0.717, 1.165) is 0 Å². The van der Waals surface area contributed by atoms with Crippen molar-refractivity contribution < 1.29 is 0 Å². The quantitative estimate of drug-likeness (QED) is 0.532. The molecule has 1 aliphatic rings. The van der Waals surface area contributed by atoms with Crippen LogP contribution >= 0.6 is 11.1 Å². The molecule has 82 valence electrons. The predicted octanol–water partition coefficient (Wildman–Crippen LogP) is 1.54. The zero-order valence-corrected chi connectivity index (χ0v) is 13.0. The Morgan fingerprint density at radius 3 is 1.46 bits per heavy atom. The van der Waals surface area contributed by atoms with E-state index in [0.29, 0.717) is 12.1 Å². The second-order valence-electron chi connectivity index (χ2n) is 5.32. The van der Waals surface area contributed by atoms with Gasteiger partial charge in [-0.25, -0.2) is 0 Å². The molecule has 0 aromatic carbocycles. The molecular weight excluding hydrogens is 216 g/mol. The van der Waals surface area contributed by atoms with Crippen LogP contribution in [0.2, 0.25) is 13.1 Å². The molecule has 1 rings (SSSR count). The van der Waals surface area contributed by atoms with Crippen LogP contribution in [0.25, 0.3) is 0 Å². The molecule has 1 heterocycles. The van der Waals surface area contributed by atoms with Gasteiger partial charge in [0.1, 0.15) is 0 Å². The van der Waals surface area contributed by atoms with Crippen LogP contribution in [0.1, 0.15) is 27.7 Å². The molecule has 1 fully saturated rings. The van der Waals surface area contributed by atoms with Crippen LogP contribution in [0.3, 0.4) is 0 Å². The van der Waals surface area contributed by atoms with Crippen molar-refractivity contribution in [2.24, 2.45) is 0 Å². The number of halogens is 1. The van der Waals surface area contributed by atoms with Gasteiger partial charge in [-0.3, -0.25) is 0 Å². The zero-order chi connectivity index (χ0) is 10.4. The summed E-state index contributed by atoms with van der Waals surface area (Å²) in [5, 5.41) is 0. The molecule has 0 unspecified atom stereocenters. The van der Waals surface area contributed by atoms with E-state index in [2.05, 4.69) is 49.3 Å². The van der Waals surface area contributed by atoms with Crippen molar-refractivity contribution in [2.75, 3.05) is 0 Å². The Balaban J connectivity index is 2.76. The SMILES string of the molecule is CC(C)N1[SiH2-](Cl)N(C(C)C)[SiH-]1(C)C. The second kappa shape index (κ2) is 3.66. The number of hydrogen-bond donors (Lipinski definition) is 0. The van der Waals surface area contributed by atoms with Crippen LogP contribution in [0.15, 0.2) is 0 Å². The second-order valence-corrected chi connectivity index (χ2v) is 15.2. The van der Waals surface area contributed by atoms with Gasteiger partial charge in [-0.1, -0.05) is 0 Å². The van der Waals surface area contributed by atoms with Crippen molar-refractivity contribution in [2.45, 2.75) is 52.9 Å². The minimum atomic E-state index is -1.59. The maximum absolute atomic E-state index is 6.52. The van der Waals surface area contributed by atoms with Gasteiger partial charge in [0.25, 0.3) is 0 Å². The molecule has 13 heavy (non-hydrogen) atoms. The third-order valence-electron chi connectivity index (χ3n) is 3.55. The Bertz CT molecular complexity index is 179. The van der Waals surface area contributed by atoms with Gasteiger partial charge in [0, 0.05) is 0 Å². The fraction of sp³-hybridized carbons (Fsp3) is 1.00. The Kier molecular flexibility index (Phi) is 3.30. The van der Waals surface area contributed by atoms with E-state index in [4.69, 9.17) is 11.1 Å². The monoisotopic (exact) mass is 238 g/mol. The number of rotatable bonds is 2. The summed E-state index contributed by atoms with van der Waals surface area (Å²) in [5.41, 5.74) is 0. The van der Waals surface area contributed by atoms with Gasteiger partial charge in [-0.2, -0.15) is 0 Å². The van der Waals surface area contributed by atoms with E-state index in [1.165, 1.54) is 0 Å². The molecular formula is C8H23ClN2Si2-2. The normalized spacial score (nSPS) is 29.5. The molecule has 1 aliphatic heterocycles. The fourth-order valence-corrected chi connectivity index (χ4v) is 22.6. The first-order valence-corrected chi connectivity index (χ1v) is 12.1. The van der Waals surface area contributed by atoms with Crippen LogP contribution in [0.4, 0.5) is 0 Å². The standard InChI is InChI=1S/C8H23ClN2Si2/c1-7(2)10-12(9)11(8(3)4)13(10,5)6/h7-8,13H,12H2,1-6H3/q-2. The summed E-state index contributed by atoms with van der Waals surface area (Å²) in [7, 11) is -3.17. The van der Waals surface area contributed by atoms with Gasteiger partial charge in [-0.15, -0.1) is 0 Å². The number of nitrogens with zero attached hydrogens (tertiary/aromatic N) is 2. The number of hydrogen-bond acceptors (Lipinski definition) is 2. The van der Waals surface area contributed by atoms with E-state index < -0.39 is 16.8 Å². The molecule has 0 aliphatic carbocycles. The zero-order valence-electron chi connectivity index (χ0n) is 9.71. The average Bonchev–Trinajstić information content (AvgIpc) is 1.81. The van der Waals surface area contributed by atoms with Gasteiger partial charge in [0.05, 0.1) is 0 Å². The van der Waals surface area contributed by atoms with Crippen LogP contribution in [-0.2, 0) is 0 Å². The third-order valence-corrected chi connectivity index (χ3v) is 21.1. The van der Waals surface area contributed by atoms with Crippen LogP contribution in [-0.4, -0.2) is 37.4 Å². The maximum atomic E-state index is 6.52. The summed E-state index contributed by atoms with van der Waals surface area (Å²) < 4.78 is 5.34. The van der Waals surface area contributed by atoms with Crippen LogP contribution in [0.5, 0.6) is 0 Å². The molecule has 2 nitrogen and oxygen atoms in total. The first-order valence-electron chi connectivity index (χ1n) is 5.40. The van der Waals surface area contributed by atoms with Crippen molar-refractivity contribution in [3.63, 3.8) is 0 Å². The molecule has 0 atom stereocenters. The summed E-state index contributed by atoms with van der Waals surface area (Å²) in [6, 6.07) is 1.32. The van der Waals surface area contributed by atoms with Crippen molar-refractivity contribution in [3.05, 3.63) is 0 Å². The molecule has 0 N–H and O–H groups in total. The summed E-state index contributed by atoms with van der Waals surface area (Å²) in [6.07, 6.45) is 0. The molecule has 1 saturated heterocycles.